The van der Waals surface area contributed by atoms with Gasteiger partial charge in [-0.05, 0) is 42.9 Å². The summed E-state index contributed by atoms with van der Waals surface area (Å²) in [5, 5.41) is 15.7. The highest BCUT2D eigenvalue weighted by Crippen LogP contribution is 2.15. The molecule has 5 nitrogen and oxygen atoms in total. The fourth-order valence-corrected chi connectivity index (χ4v) is 2.03. The molecule has 2 amide bonds. The quantitative estimate of drug-likeness (QED) is 0.689. The molecule has 0 aliphatic heterocycles. The Hall–Kier alpha value is -1.75. The molecule has 0 heterocycles. The number of carbonyl (C=O) groups excluding carboxylic acids is 1. The van der Waals surface area contributed by atoms with Crippen molar-refractivity contribution in [2.45, 2.75) is 39.7 Å². The van der Waals surface area contributed by atoms with Crippen LogP contribution in [0.1, 0.15) is 33.3 Å². The molecular weight excluding hydrogens is 292 g/mol. The summed E-state index contributed by atoms with van der Waals surface area (Å²) in [4.78, 5) is 11.8. The lowest BCUT2D eigenvalue weighted by Gasteiger charge is -2.27. The molecule has 0 aromatic heterocycles. The molecule has 0 fully saturated rings. The average Bonchev–Trinajstić information content (AvgIpc) is 2.51. The number of hydrogen-bond acceptors (Lipinski definition) is 3. The van der Waals surface area contributed by atoms with Crippen LogP contribution in [0, 0.1) is 11.8 Å². The molecule has 1 aromatic rings. The number of benzene rings is 1. The summed E-state index contributed by atoms with van der Waals surface area (Å²) in [5.74, 6) is 1.24. The van der Waals surface area contributed by atoms with Crippen molar-refractivity contribution in [3.05, 3.63) is 29.8 Å². The van der Waals surface area contributed by atoms with Crippen molar-refractivity contribution in [1.29, 1.82) is 0 Å². The number of carbonyl (C=O) groups is 1. The lowest BCUT2D eigenvalue weighted by atomic mass is 9.93. The zero-order valence-corrected chi connectivity index (χ0v) is 14.8. The fourth-order valence-electron chi connectivity index (χ4n) is 2.03. The highest BCUT2D eigenvalue weighted by molar-refractivity contribution is 5.73. The number of amides is 2. The van der Waals surface area contributed by atoms with Crippen LogP contribution in [0.2, 0.25) is 0 Å². The van der Waals surface area contributed by atoms with Crippen LogP contribution in [-0.2, 0) is 6.42 Å². The van der Waals surface area contributed by atoms with E-state index >= 15 is 0 Å². The number of hydrogen-bond donors (Lipinski definition) is 3. The molecular formula is C18H30N2O3. The Morgan fingerprint density at radius 3 is 2.35 bits per heavy atom. The average molecular weight is 322 g/mol. The number of ether oxygens (including phenoxy) is 1. The molecule has 1 aromatic carbocycles. The van der Waals surface area contributed by atoms with Crippen molar-refractivity contribution < 1.29 is 14.6 Å². The number of nitrogens with one attached hydrogen (secondary N) is 2. The molecule has 0 saturated heterocycles. The first-order chi connectivity index (χ1) is 10.7. The van der Waals surface area contributed by atoms with Gasteiger partial charge >= 0.3 is 6.03 Å². The number of rotatable bonds is 8. The topological polar surface area (TPSA) is 70.6 Å². The zero-order chi connectivity index (χ0) is 17.5. The van der Waals surface area contributed by atoms with Gasteiger partial charge in [0.2, 0.25) is 0 Å². The van der Waals surface area contributed by atoms with E-state index in [2.05, 4.69) is 17.6 Å². The third kappa shape index (κ3) is 6.91. The minimum absolute atomic E-state index is 0.0804. The van der Waals surface area contributed by atoms with Gasteiger partial charge in [0.25, 0.3) is 0 Å². The maximum absolute atomic E-state index is 11.8. The molecule has 0 aliphatic carbocycles. The standard InChI is InChI=1S/C18H30N2O3/c1-13(2)18(4,22)12-20-17(21)19-11-14(3)10-15-6-8-16(23-5)9-7-15/h6-9,13-14,22H,10-12H2,1-5H3,(H2,19,20,21). The van der Waals surface area contributed by atoms with E-state index in [0.29, 0.717) is 12.5 Å². The lowest BCUT2D eigenvalue weighted by Crippen LogP contribution is -2.48. The zero-order valence-electron chi connectivity index (χ0n) is 14.8. The molecule has 130 valence electrons. The summed E-state index contributed by atoms with van der Waals surface area (Å²) in [6.45, 7) is 8.50. The number of aliphatic hydroxyl groups is 1. The molecule has 2 unspecified atom stereocenters. The van der Waals surface area contributed by atoms with E-state index in [-0.39, 0.29) is 18.5 Å². The summed E-state index contributed by atoms with van der Waals surface area (Å²) in [6, 6.07) is 7.71. The predicted molar refractivity (Wildman–Crippen MR) is 92.7 cm³/mol. The monoisotopic (exact) mass is 322 g/mol. The molecule has 2 atom stereocenters. The summed E-state index contributed by atoms with van der Waals surface area (Å²) in [6.07, 6.45) is 0.883. The molecule has 0 bridgehead atoms. The van der Waals surface area contributed by atoms with Crippen LogP contribution < -0.4 is 15.4 Å². The molecule has 5 heteroatoms. The van der Waals surface area contributed by atoms with E-state index in [1.165, 1.54) is 5.56 Å². The first-order valence-electron chi connectivity index (χ1n) is 8.11. The summed E-state index contributed by atoms with van der Waals surface area (Å²) in [5.41, 5.74) is 0.315. The van der Waals surface area contributed by atoms with Gasteiger partial charge in [-0.1, -0.05) is 32.9 Å². The number of methoxy groups -OCH3 is 1. The van der Waals surface area contributed by atoms with Crippen molar-refractivity contribution >= 4 is 6.03 Å². The van der Waals surface area contributed by atoms with Gasteiger partial charge in [0.15, 0.2) is 0 Å². The molecule has 23 heavy (non-hydrogen) atoms. The molecule has 1 rings (SSSR count). The van der Waals surface area contributed by atoms with Crippen molar-refractivity contribution in [3.63, 3.8) is 0 Å². The van der Waals surface area contributed by atoms with Gasteiger partial charge in [-0.2, -0.15) is 0 Å². The predicted octanol–water partition coefficient (Wildman–Crippen LogP) is 2.58. The fraction of sp³-hybridized carbons (Fsp3) is 0.611. The Kier molecular flexibility index (Phi) is 7.36. The first-order valence-corrected chi connectivity index (χ1v) is 8.11. The van der Waals surface area contributed by atoms with Crippen LogP contribution >= 0.6 is 0 Å². The van der Waals surface area contributed by atoms with Gasteiger partial charge in [0.05, 0.1) is 12.7 Å². The Balaban J connectivity index is 2.32. The molecule has 0 aliphatic rings. The van der Waals surface area contributed by atoms with Gasteiger partial charge < -0.3 is 20.5 Å². The lowest BCUT2D eigenvalue weighted by molar-refractivity contribution is 0.0166. The van der Waals surface area contributed by atoms with E-state index in [1.807, 2.05) is 38.1 Å². The van der Waals surface area contributed by atoms with E-state index in [4.69, 9.17) is 4.74 Å². The maximum Gasteiger partial charge on any atom is 0.314 e. The van der Waals surface area contributed by atoms with Crippen LogP contribution in [-0.4, -0.2) is 36.9 Å². The largest absolute Gasteiger partial charge is 0.497 e. The highest BCUT2D eigenvalue weighted by atomic mass is 16.5. The second-order valence-corrected chi connectivity index (χ2v) is 6.73. The molecule has 0 radical (unpaired) electrons. The molecule has 3 N–H and O–H groups in total. The SMILES string of the molecule is COc1ccc(CC(C)CNC(=O)NCC(C)(O)C(C)C)cc1. The summed E-state index contributed by atoms with van der Waals surface area (Å²) < 4.78 is 5.14. The normalized spacial score (nSPS) is 14.9. The Morgan fingerprint density at radius 2 is 1.83 bits per heavy atom. The van der Waals surface area contributed by atoms with Crippen LogP contribution in [0.5, 0.6) is 5.75 Å². The van der Waals surface area contributed by atoms with Gasteiger partial charge in [0, 0.05) is 13.1 Å². The van der Waals surface area contributed by atoms with E-state index in [1.54, 1.807) is 14.0 Å². The van der Waals surface area contributed by atoms with Crippen molar-refractivity contribution in [3.8, 4) is 5.75 Å². The van der Waals surface area contributed by atoms with Crippen molar-refractivity contribution in [2.24, 2.45) is 11.8 Å². The first kappa shape index (κ1) is 19.3. The van der Waals surface area contributed by atoms with E-state index in [0.717, 1.165) is 12.2 Å². The van der Waals surface area contributed by atoms with Crippen LogP contribution in [0.4, 0.5) is 4.79 Å². The summed E-state index contributed by atoms with van der Waals surface area (Å²) >= 11 is 0. The Bertz CT molecular complexity index is 484. The van der Waals surface area contributed by atoms with E-state index < -0.39 is 5.60 Å². The smallest absolute Gasteiger partial charge is 0.314 e. The van der Waals surface area contributed by atoms with Crippen LogP contribution in [0.15, 0.2) is 24.3 Å². The second kappa shape index (κ2) is 8.77. The van der Waals surface area contributed by atoms with Gasteiger partial charge in [-0.25, -0.2) is 4.79 Å². The van der Waals surface area contributed by atoms with Gasteiger partial charge in [-0.3, -0.25) is 0 Å². The molecule has 0 spiro atoms. The van der Waals surface area contributed by atoms with Gasteiger partial charge in [-0.15, -0.1) is 0 Å². The third-order valence-corrected chi connectivity index (χ3v) is 4.20. The maximum atomic E-state index is 11.8. The Morgan fingerprint density at radius 1 is 1.22 bits per heavy atom. The van der Waals surface area contributed by atoms with Gasteiger partial charge in [0.1, 0.15) is 5.75 Å². The number of urea groups is 1. The van der Waals surface area contributed by atoms with Crippen molar-refractivity contribution in [1.82, 2.24) is 10.6 Å². The second-order valence-electron chi connectivity index (χ2n) is 6.73. The molecule has 0 saturated carbocycles. The minimum Gasteiger partial charge on any atom is -0.497 e. The van der Waals surface area contributed by atoms with Crippen LogP contribution in [0.3, 0.4) is 0 Å². The minimum atomic E-state index is -0.897. The summed E-state index contributed by atoms with van der Waals surface area (Å²) in [7, 11) is 1.65. The Labute approximate surface area is 139 Å². The van der Waals surface area contributed by atoms with Crippen molar-refractivity contribution in [2.75, 3.05) is 20.2 Å². The third-order valence-electron chi connectivity index (χ3n) is 4.20. The highest BCUT2D eigenvalue weighted by Gasteiger charge is 2.25. The van der Waals surface area contributed by atoms with E-state index in [9.17, 15) is 9.90 Å². The van der Waals surface area contributed by atoms with Crippen LogP contribution in [0.25, 0.3) is 0 Å².